The molecule has 0 radical (unpaired) electrons. The lowest BCUT2D eigenvalue weighted by Gasteiger charge is -2.30. The highest BCUT2D eigenvalue weighted by Crippen LogP contribution is 2.19. The molecular weight excluding hydrogens is 328 g/mol. The molecule has 0 aromatic heterocycles. The Labute approximate surface area is 127 Å². The summed E-state index contributed by atoms with van der Waals surface area (Å²) in [6, 6.07) is 2.49. The van der Waals surface area contributed by atoms with Crippen LogP contribution in [-0.4, -0.2) is 29.1 Å². The van der Waals surface area contributed by atoms with Gasteiger partial charge in [-0.15, -0.1) is 0 Å². The maximum absolute atomic E-state index is 13.6. The predicted octanol–water partition coefficient (Wildman–Crippen LogP) is 4.16. The summed E-state index contributed by atoms with van der Waals surface area (Å²) in [7, 11) is 0. The number of benzene rings is 1. The summed E-state index contributed by atoms with van der Waals surface area (Å²) in [5, 5.41) is -0.0771. The van der Waals surface area contributed by atoms with Gasteiger partial charge in [0.05, 0.1) is 10.9 Å². The second-order valence-corrected chi connectivity index (χ2v) is 5.39. The Bertz CT molecular complexity index is 438. The first-order chi connectivity index (χ1) is 9.53. The molecule has 1 fully saturated rings. The zero-order chi connectivity index (χ0) is 15.1. The number of carbonyl (C=O) groups is 1. The molecule has 0 spiro atoms. The van der Waals surface area contributed by atoms with Gasteiger partial charge >= 0.3 is 0 Å². The van der Waals surface area contributed by atoms with Gasteiger partial charge in [0.2, 0.25) is 0 Å². The van der Waals surface area contributed by atoms with Crippen LogP contribution in [0.5, 0.6) is 0 Å². The first-order valence-corrected chi connectivity index (χ1v) is 7.95. The molecule has 0 saturated carbocycles. The van der Waals surface area contributed by atoms with Crippen LogP contribution in [0.15, 0.2) is 12.1 Å². The number of ketones is 1. The molecule has 1 saturated heterocycles. The second kappa shape index (κ2) is 8.47. The van der Waals surface area contributed by atoms with Crippen molar-refractivity contribution in [1.29, 1.82) is 0 Å². The Balaban J connectivity index is 0.000000612. The Hall–Kier alpha value is -0.810. The van der Waals surface area contributed by atoms with Crippen molar-refractivity contribution in [1.82, 2.24) is 4.90 Å². The molecule has 0 bridgehead atoms. The molecule has 1 aromatic rings. The minimum Gasteiger partial charge on any atom is -0.299 e. The second-order valence-electron chi connectivity index (χ2n) is 4.83. The van der Waals surface area contributed by atoms with Gasteiger partial charge in [0, 0.05) is 6.54 Å². The van der Waals surface area contributed by atoms with Crippen LogP contribution in [-0.2, 0) is 6.54 Å². The van der Waals surface area contributed by atoms with Gasteiger partial charge in [-0.1, -0.05) is 36.2 Å². The Morgan fingerprint density at radius 2 is 1.75 bits per heavy atom. The van der Waals surface area contributed by atoms with Crippen LogP contribution in [0.4, 0.5) is 8.78 Å². The summed E-state index contributed by atoms with van der Waals surface area (Å²) in [5.74, 6) is -2.12. The Morgan fingerprint density at radius 1 is 1.25 bits per heavy atom. The van der Waals surface area contributed by atoms with Crippen LogP contribution < -0.4 is 0 Å². The van der Waals surface area contributed by atoms with Gasteiger partial charge in [-0.25, -0.2) is 8.78 Å². The molecule has 112 valence electrons. The third kappa shape index (κ3) is 4.63. The van der Waals surface area contributed by atoms with Crippen LogP contribution in [0.25, 0.3) is 0 Å². The molecule has 0 aliphatic carbocycles. The summed E-state index contributed by atoms with van der Waals surface area (Å²) in [5.41, 5.74) is 0.125. The summed E-state index contributed by atoms with van der Waals surface area (Å²) in [4.78, 5) is 13.4. The van der Waals surface area contributed by atoms with Gasteiger partial charge in [0.25, 0.3) is 0 Å². The number of carbonyl (C=O) groups excluding carboxylic acids is 1. The van der Waals surface area contributed by atoms with E-state index in [0.717, 1.165) is 19.5 Å². The average Bonchev–Trinajstić information content (AvgIpc) is 2.34. The van der Waals surface area contributed by atoms with Crippen molar-refractivity contribution in [3.05, 3.63) is 34.9 Å². The molecule has 1 aliphatic rings. The fourth-order valence-electron chi connectivity index (χ4n) is 1.85. The monoisotopic (exact) mass is 347 g/mol. The summed E-state index contributed by atoms with van der Waals surface area (Å²) in [6.45, 7) is 6.72. The van der Waals surface area contributed by atoms with E-state index in [4.69, 9.17) is 0 Å². The normalized spacial score (nSPS) is 14.2. The predicted molar refractivity (Wildman–Crippen MR) is 80.3 cm³/mol. The molecule has 20 heavy (non-hydrogen) atoms. The molecule has 1 aromatic carbocycles. The van der Waals surface area contributed by atoms with Gasteiger partial charge in [-0.3, -0.25) is 9.69 Å². The van der Waals surface area contributed by atoms with Crippen molar-refractivity contribution in [3.63, 3.8) is 0 Å². The van der Waals surface area contributed by atoms with Gasteiger partial charge in [0.1, 0.15) is 11.6 Å². The smallest absolute Gasteiger partial charge is 0.179 e. The highest BCUT2D eigenvalue weighted by atomic mass is 79.9. The molecule has 0 unspecified atom stereocenters. The maximum atomic E-state index is 13.6. The number of halogens is 3. The summed E-state index contributed by atoms with van der Waals surface area (Å²) >= 11 is 2.91. The van der Waals surface area contributed by atoms with Crippen LogP contribution in [0.2, 0.25) is 0 Å². The minimum atomic E-state index is -0.773. The maximum Gasteiger partial charge on any atom is 0.179 e. The zero-order valence-corrected chi connectivity index (χ0v) is 13.5. The molecule has 1 aliphatic heterocycles. The summed E-state index contributed by atoms with van der Waals surface area (Å²) in [6.07, 6.45) is 2.38. The van der Waals surface area contributed by atoms with Gasteiger partial charge in [-0.2, -0.15) is 0 Å². The molecule has 2 nitrogen and oxygen atoms in total. The van der Waals surface area contributed by atoms with E-state index < -0.39 is 23.0 Å². The van der Waals surface area contributed by atoms with E-state index in [0.29, 0.717) is 12.1 Å². The van der Waals surface area contributed by atoms with Crippen LogP contribution in [0.3, 0.4) is 0 Å². The van der Waals surface area contributed by atoms with Crippen molar-refractivity contribution < 1.29 is 13.6 Å². The lowest BCUT2D eigenvalue weighted by Crippen LogP contribution is -2.36. The SMILES string of the molecule is CCC.O=C(CBr)c1c(F)cc(CN2CCC2)cc1F. The lowest BCUT2D eigenvalue weighted by atomic mass is 10.1. The first-order valence-electron chi connectivity index (χ1n) is 6.82. The van der Waals surface area contributed by atoms with Crippen molar-refractivity contribution in [2.24, 2.45) is 0 Å². The highest BCUT2D eigenvalue weighted by Gasteiger charge is 2.20. The van der Waals surface area contributed by atoms with E-state index in [-0.39, 0.29) is 5.33 Å². The van der Waals surface area contributed by atoms with Crippen LogP contribution >= 0.6 is 15.9 Å². The van der Waals surface area contributed by atoms with E-state index in [1.807, 2.05) is 0 Å². The number of hydrogen-bond acceptors (Lipinski definition) is 2. The standard InChI is InChI=1S/C12H12BrF2NO.C3H8/c13-6-11(17)12-9(14)4-8(5-10(12)15)7-16-2-1-3-16;1-3-2/h4-5H,1-3,6-7H2;3H2,1-2H3. The zero-order valence-electron chi connectivity index (χ0n) is 11.9. The molecule has 5 heteroatoms. The van der Waals surface area contributed by atoms with E-state index >= 15 is 0 Å². The average molecular weight is 348 g/mol. The molecule has 0 amide bonds. The van der Waals surface area contributed by atoms with Crippen molar-refractivity contribution >= 4 is 21.7 Å². The highest BCUT2D eigenvalue weighted by molar-refractivity contribution is 9.09. The van der Waals surface area contributed by atoms with E-state index in [1.54, 1.807) is 0 Å². The van der Waals surface area contributed by atoms with Crippen LogP contribution in [0, 0.1) is 11.6 Å². The third-order valence-electron chi connectivity index (χ3n) is 2.86. The number of hydrogen-bond donors (Lipinski definition) is 0. The lowest BCUT2D eigenvalue weighted by molar-refractivity contribution is 0.101. The van der Waals surface area contributed by atoms with Gasteiger partial charge in [0.15, 0.2) is 5.78 Å². The fraction of sp³-hybridized carbons (Fsp3) is 0.533. The van der Waals surface area contributed by atoms with Gasteiger partial charge < -0.3 is 0 Å². The fourth-order valence-corrected chi connectivity index (χ4v) is 2.13. The Morgan fingerprint density at radius 3 is 2.10 bits per heavy atom. The van der Waals surface area contributed by atoms with Crippen molar-refractivity contribution in [3.8, 4) is 0 Å². The molecular formula is C15H20BrF2NO. The Kier molecular flexibility index (Phi) is 7.30. The number of nitrogens with zero attached hydrogens (tertiary/aromatic N) is 1. The van der Waals surface area contributed by atoms with E-state index in [2.05, 4.69) is 34.7 Å². The van der Waals surface area contributed by atoms with E-state index in [1.165, 1.54) is 18.6 Å². The number of rotatable bonds is 4. The minimum absolute atomic E-state index is 0.0771. The summed E-state index contributed by atoms with van der Waals surface area (Å²) < 4.78 is 27.2. The van der Waals surface area contributed by atoms with E-state index in [9.17, 15) is 13.6 Å². The van der Waals surface area contributed by atoms with Crippen LogP contribution in [0.1, 0.15) is 42.6 Å². The molecule has 0 atom stereocenters. The molecule has 0 N–H and O–H groups in total. The molecule has 2 rings (SSSR count). The largest absolute Gasteiger partial charge is 0.299 e. The van der Waals surface area contributed by atoms with Crippen molar-refractivity contribution in [2.75, 3.05) is 18.4 Å². The topological polar surface area (TPSA) is 20.3 Å². The quantitative estimate of drug-likeness (QED) is 0.601. The number of alkyl halides is 1. The molecule has 1 heterocycles. The third-order valence-corrected chi connectivity index (χ3v) is 3.37. The number of likely N-dealkylation sites (tertiary alicyclic amines) is 1. The van der Waals surface area contributed by atoms with Crippen molar-refractivity contribution in [2.45, 2.75) is 33.2 Å². The number of Topliss-reactive ketones (excluding diaryl/α,β-unsaturated/α-hetero) is 1. The van der Waals surface area contributed by atoms with Gasteiger partial charge in [-0.05, 0) is 37.2 Å². The first kappa shape index (κ1) is 17.2.